The van der Waals surface area contributed by atoms with Crippen LogP contribution in [0.15, 0.2) is 71.8 Å². The zero-order valence-electron chi connectivity index (χ0n) is 18.9. The van der Waals surface area contributed by atoms with Crippen molar-refractivity contribution in [3.05, 3.63) is 77.1 Å². The Kier molecular flexibility index (Phi) is 5.73. The largest absolute Gasteiger partial charge is 0.493 e. The summed E-state index contributed by atoms with van der Waals surface area (Å²) in [6, 6.07) is 22.3. The lowest BCUT2D eigenvalue weighted by Crippen LogP contribution is -1.99. The molecule has 7 nitrogen and oxygen atoms in total. The summed E-state index contributed by atoms with van der Waals surface area (Å²) in [5.41, 5.74) is 1.72. The summed E-state index contributed by atoms with van der Waals surface area (Å²) in [6.07, 6.45) is 1.83. The fraction of sp³-hybridized carbons (Fsp3) is 0.115. The first-order chi connectivity index (χ1) is 16.6. The minimum atomic E-state index is 0.365. The molecular weight excluding hydrogens is 448 g/mol. The molecule has 0 aliphatic carbocycles. The van der Waals surface area contributed by atoms with Gasteiger partial charge in [0.2, 0.25) is 10.5 Å². The number of H-pyrrole nitrogens is 1. The van der Waals surface area contributed by atoms with E-state index in [0.29, 0.717) is 33.4 Å². The van der Waals surface area contributed by atoms with Crippen LogP contribution >= 0.6 is 12.2 Å². The highest BCUT2D eigenvalue weighted by molar-refractivity contribution is 7.71. The monoisotopic (exact) mass is 470 g/mol. The third-order valence-corrected chi connectivity index (χ3v) is 5.95. The third-order valence-electron chi connectivity index (χ3n) is 5.69. The van der Waals surface area contributed by atoms with Gasteiger partial charge in [0, 0.05) is 11.1 Å². The highest BCUT2D eigenvalue weighted by Gasteiger charge is 2.17. The predicted molar refractivity (Wildman–Crippen MR) is 137 cm³/mol. The van der Waals surface area contributed by atoms with E-state index >= 15 is 0 Å². The van der Waals surface area contributed by atoms with E-state index in [1.54, 1.807) is 26.0 Å². The Morgan fingerprint density at radius 2 is 1.44 bits per heavy atom. The number of hydrogen-bond acceptors (Lipinski definition) is 6. The molecule has 0 aliphatic heterocycles. The molecule has 34 heavy (non-hydrogen) atoms. The van der Waals surface area contributed by atoms with Gasteiger partial charge in [0.25, 0.3) is 0 Å². The number of hydrogen-bond donors (Lipinski definition) is 1. The summed E-state index contributed by atoms with van der Waals surface area (Å²) in [5, 5.41) is 16.5. The van der Waals surface area contributed by atoms with Gasteiger partial charge in [-0.25, -0.2) is 5.10 Å². The Bertz CT molecular complexity index is 1520. The van der Waals surface area contributed by atoms with Gasteiger partial charge in [-0.3, -0.25) is 0 Å². The molecule has 1 heterocycles. The van der Waals surface area contributed by atoms with Crippen molar-refractivity contribution in [3.8, 4) is 28.6 Å². The summed E-state index contributed by atoms with van der Waals surface area (Å²) in [5.74, 6) is 2.05. The van der Waals surface area contributed by atoms with E-state index in [-0.39, 0.29) is 0 Å². The highest BCUT2D eigenvalue weighted by Crippen LogP contribution is 2.40. The molecule has 8 heteroatoms. The first kappa shape index (κ1) is 21.7. The molecule has 0 bridgehead atoms. The Morgan fingerprint density at radius 1 is 0.853 bits per heavy atom. The molecule has 0 aliphatic rings. The van der Waals surface area contributed by atoms with E-state index in [1.807, 2.05) is 42.6 Å². The van der Waals surface area contributed by atoms with Crippen LogP contribution in [0.4, 0.5) is 0 Å². The maximum atomic E-state index is 5.50. The van der Waals surface area contributed by atoms with Gasteiger partial charge < -0.3 is 14.2 Å². The van der Waals surface area contributed by atoms with Crippen LogP contribution in [-0.2, 0) is 0 Å². The maximum absolute atomic E-state index is 5.50. The Balaban J connectivity index is 1.68. The molecule has 1 aromatic heterocycles. The fourth-order valence-electron chi connectivity index (χ4n) is 4.10. The first-order valence-corrected chi connectivity index (χ1v) is 11.0. The number of nitrogens with zero attached hydrogens (tertiary/aromatic N) is 3. The number of benzene rings is 4. The highest BCUT2D eigenvalue weighted by atomic mass is 32.1. The van der Waals surface area contributed by atoms with Gasteiger partial charge in [-0.1, -0.05) is 48.5 Å². The van der Waals surface area contributed by atoms with Crippen molar-refractivity contribution in [2.24, 2.45) is 5.10 Å². The van der Waals surface area contributed by atoms with Crippen molar-refractivity contribution in [3.63, 3.8) is 0 Å². The molecule has 5 rings (SSSR count). The van der Waals surface area contributed by atoms with E-state index < -0.39 is 0 Å². The van der Waals surface area contributed by atoms with Gasteiger partial charge in [0.05, 0.1) is 27.5 Å². The second-order valence-electron chi connectivity index (χ2n) is 7.56. The quantitative estimate of drug-likeness (QED) is 0.192. The predicted octanol–water partition coefficient (Wildman–Crippen LogP) is 5.82. The number of ether oxygens (including phenoxy) is 3. The molecule has 0 unspecified atom stereocenters. The number of methoxy groups -OCH3 is 3. The summed E-state index contributed by atoms with van der Waals surface area (Å²) in [6.45, 7) is 0. The summed E-state index contributed by atoms with van der Waals surface area (Å²) >= 11 is 5.50. The van der Waals surface area contributed by atoms with Crippen molar-refractivity contribution in [2.75, 3.05) is 21.3 Å². The van der Waals surface area contributed by atoms with E-state index in [9.17, 15) is 0 Å². The van der Waals surface area contributed by atoms with Gasteiger partial charge in [-0.15, -0.1) is 0 Å². The molecule has 0 saturated heterocycles. The zero-order chi connectivity index (χ0) is 23.7. The van der Waals surface area contributed by atoms with Crippen LogP contribution in [0.5, 0.6) is 17.2 Å². The van der Waals surface area contributed by atoms with Gasteiger partial charge in [0.1, 0.15) is 0 Å². The van der Waals surface area contributed by atoms with E-state index in [4.69, 9.17) is 31.5 Å². The van der Waals surface area contributed by atoms with Crippen molar-refractivity contribution in [1.29, 1.82) is 0 Å². The molecule has 1 N–H and O–H groups in total. The first-order valence-electron chi connectivity index (χ1n) is 10.6. The van der Waals surface area contributed by atoms with Crippen LogP contribution in [0, 0.1) is 4.77 Å². The lowest BCUT2D eigenvalue weighted by Gasteiger charge is -2.13. The molecule has 0 atom stereocenters. The molecule has 0 fully saturated rings. The minimum Gasteiger partial charge on any atom is -0.493 e. The minimum absolute atomic E-state index is 0.365. The molecular formula is C26H22N4O3S. The fourth-order valence-corrected chi connectivity index (χ4v) is 4.28. The average molecular weight is 471 g/mol. The van der Waals surface area contributed by atoms with Gasteiger partial charge >= 0.3 is 0 Å². The Morgan fingerprint density at radius 3 is 2.00 bits per heavy atom. The zero-order valence-corrected chi connectivity index (χ0v) is 19.7. The smallest absolute Gasteiger partial charge is 0.216 e. The van der Waals surface area contributed by atoms with Crippen LogP contribution in [-0.4, -0.2) is 42.4 Å². The van der Waals surface area contributed by atoms with Crippen LogP contribution in [0.3, 0.4) is 0 Å². The number of aromatic amines is 1. The van der Waals surface area contributed by atoms with Crippen LogP contribution < -0.4 is 14.2 Å². The van der Waals surface area contributed by atoms with Crippen molar-refractivity contribution in [1.82, 2.24) is 14.9 Å². The molecule has 5 aromatic rings. The molecule has 170 valence electrons. The summed E-state index contributed by atoms with van der Waals surface area (Å²) < 4.78 is 18.4. The second kappa shape index (κ2) is 8.99. The van der Waals surface area contributed by atoms with Crippen LogP contribution in [0.25, 0.3) is 32.9 Å². The van der Waals surface area contributed by atoms with Gasteiger partial charge in [-0.2, -0.15) is 14.9 Å². The SMILES string of the molecule is COc1cc(-c2n[nH]c(=S)n2/N=C/c2c3ccccc3cc3ccccc23)cc(OC)c1OC. The lowest BCUT2D eigenvalue weighted by atomic mass is 9.97. The normalized spacial score (nSPS) is 11.4. The average Bonchev–Trinajstić information content (AvgIpc) is 3.25. The standard InChI is InChI=1S/C26H22N4O3S/c1-31-22-13-18(14-23(32-2)24(22)33-3)25-28-29-26(34)30(25)27-15-21-19-10-6-4-8-16(19)12-17-9-5-7-11-20(17)21/h4-15H,1-3H3,(H,29,34)/b27-15+. The number of nitrogens with one attached hydrogen (secondary N) is 1. The Labute approximate surface area is 201 Å². The molecule has 0 radical (unpaired) electrons. The third kappa shape index (κ3) is 3.68. The molecule has 4 aromatic carbocycles. The van der Waals surface area contributed by atoms with Crippen LogP contribution in [0.2, 0.25) is 0 Å². The topological polar surface area (TPSA) is 73.7 Å². The lowest BCUT2D eigenvalue weighted by molar-refractivity contribution is 0.324. The van der Waals surface area contributed by atoms with E-state index in [2.05, 4.69) is 40.5 Å². The van der Waals surface area contributed by atoms with Crippen molar-refractivity contribution >= 4 is 40.0 Å². The molecule has 0 spiro atoms. The van der Waals surface area contributed by atoms with Crippen LogP contribution in [0.1, 0.15) is 5.56 Å². The van der Waals surface area contributed by atoms with E-state index in [0.717, 1.165) is 27.1 Å². The number of rotatable bonds is 6. The summed E-state index contributed by atoms with van der Waals surface area (Å²) in [7, 11) is 4.71. The molecule has 0 amide bonds. The maximum Gasteiger partial charge on any atom is 0.216 e. The van der Waals surface area contributed by atoms with E-state index in [1.165, 1.54) is 0 Å². The number of fused-ring (bicyclic) bond motifs is 2. The van der Waals surface area contributed by atoms with Crippen molar-refractivity contribution < 1.29 is 14.2 Å². The number of aromatic nitrogens is 3. The second-order valence-corrected chi connectivity index (χ2v) is 7.94. The Hall–Kier alpha value is -4.17. The van der Waals surface area contributed by atoms with Gasteiger partial charge in [0.15, 0.2) is 17.3 Å². The van der Waals surface area contributed by atoms with Gasteiger partial charge in [-0.05, 0) is 52.0 Å². The summed E-state index contributed by atoms with van der Waals surface area (Å²) in [4.78, 5) is 0. The van der Waals surface area contributed by atoms with Crippen molar-refractivity contribution in [2.45, 2.75) is 0 Å². The molecule has 0 saturated carbocycles.